The fourth-order valence-electron chi connectivity index (χ4n) is 1.05. The van der Waals surface area contributed by atoms with E-state index in [4.69, 9.17) is 10.9 Å². The molecule has 0 unspecified atom stereocenters. The summed E-state index contributed by atoms with van der Waals surface area (Å²) in [4.78, 5) is 7.54. The zero-order chi connectivity index (χ0) is 12.8. The first-order chi connectivity index (χ1) is 8.08. The summed E-state index contributed by atoms with van der Waals surface area (Å²) in [6.07, 6.45) is -1.42. The second-order valence-corrected chi connectivity index (χ2v) is 3.17. The summed E-state index contributed by atoms with van der Waals surface area (Å²) in [5, 5.41) is 12.4. The fourth-order valence-corrected chi connectivity index (χ4v) is 1.05. The lowest BCUT2D eigenvalue weighted by atomic mass is 10.2. The number of pyridine rings is 1. The van der Waals surface area contributed by atoms with Gasteiger partial charge in [-0.25, -0.2) is 13.8 Å². The molecular weight excluding hydrogens is 230 g/mol. The Balaban J connectivity index is 2.97. The quantitative estimate of drug-likeness (QED) is 0.475. The average molecular weight is 242 g/mol. The van der Waals surface area contributed by atoms with Crippen LogP contribution in [0.4, 0.5) is 14.5 Å². The van der Waals surface area contributed by atoms with Crippen LogP contribution in [0, 0.1) is 0 Å². The fraction of sp³-hybridized carbons (Fsp3) is 0.300. The number of nitrogens with two attached hydrogens (primary N) is 1. The summed E-state index contributed by atoms with van der Waals surface area (Å²) in [7, 11) is 0. The zero-order valence-corrected chi connectivity index (χ0v) is 9.14. The molecule has 0 radical (unpaired) electrons. The number of hydrogen-bond donors (Lipinski definition) is 2. The first-order valence-electron chi connectivity index (χ1n) is 4.76. The van der Waals surface area contributed by atoms with Crippen LogP contribution >= 0.6 is 0 Å². The van der Waals surface area contributed by atoms with Crippen LogP contribution < -0.4 is 5.84 Å². The van der Waals surface area contributed by atoms with Crippen LogP contribution in [0.5, 0.6) is 0 Å². The summed E-state index contributed by atoms with van der Waals surface area (Å²) in [5.74, 6) is 5.05. The topological polar surface area (TPSA) is 83.9 Å². The van der Waals surface area contributed by atoms with E-state index in [0.29, 0.717) is 11.4 Å². The normalized spacial score (nSPS) is 13.2. The molecule has 0 spiro atoms. The highest BCUT2D eigenvalue weighted by atomic mass is 19.3. The van der Waals surface area contributed by atoms with E-state index in [1.54, 1.807) is 6.92 Å². The second-order valence-electron chi connectivity index (χ2n) is 3.17. The highest BCUT2D eigenvalue weighted by molar-refractivity contribution is 6.42. The Morgan fingerprint density at radius 3 is 2.65 bits per heavy atom. The highest BCUT2D eigenvalue weighted by Gasteiger charge is 2.08. The van der Waals surface area contributed by atoms with Crippen molar-refractivity contribution in [3.63, 3.8) is 0 Å². The Bertz CT molecular complexity index is 428. The number of rotatable bonds is 4. The van der Waals surface area contributed by atoms with Gasteiger partial charge in [-0.3, -0.25) is 4.98 Å². The van der Waals surface area contributed by atoms with Gasteiger partial charge >= 0.3 is 0 Å². The number of hydrogen-bond acceptors (Lipinski definition) is 5. The third kappa shape index (κ3) is 3.56. The molecule has 0 aromatic carbocycles. The number of hydrazone groups is 1. The van der Waals surface area contributed by atoms with Crippen molar-refractivity contribution in [2.45, 2.75) is 13.3 Å². The molecule has 0 saturated heterocycles. The zero-order valence-electron chi connectivity index (χ0n) is 9.14. The monoisotopic (exact) mass is 242 g/mol. The first-order valence-corrected chi connectivity index (χ1v) is 4.76. The van der Waals surface area contributed by atoms with Crippen LogP contribution in [0.15, 0.2) is 28.4 Å². The van der Waals surface area contributed by atoms with Gasteiger partial charge in [0.1, 0.15) is 5.69 Å². The Labute approximate surface area is 96.7 Å². The number of aliphatic hydroxyl groups excluding tert-OH is 1. The maximum Gasteiger partial charge on any atom is 0.280 e. The predicted molar refractivity (Wildman–Crippen MR) is 60.7 cm³/mol. The van der Waals surface area contributed by atoms with Gasteiger partial charge in [-0.15, -0.1) is 0 Å². The molecule has 0 fully saturated rings. The Kier molecular flexibility index (Phi) is 4.65. The number of alkyl halides is 2. The van der Waals surface area contributed by atoms with Crippen molar-refractivity contribution in [3.8, 4) is 0 Å². The largest absolute Gasteiger partial charge is 0.390 e. The minimum absolute atomic E-state index is 0.263. The van der Waals surface area contributed by atoms with E-state index < -0.39 is 6.43 Å². The van der Waals surface area contributed by atoms with E-state index in [-0.39, 0.29) is 18.0 Å². The van der Waals surface area contributed by atoms with E-state index >= 15 is 0 Å². The third-order valence-electron chi connectivity index (χ3n) is 2.02. The van der Waals surface area contributed by atoms with E-state index in [1.165, 1.54) is 18.3 Å². The minimum Gasteiger partial charge on any atom is -0.390 e. The van der Waals surface area contributed by atoms with Gasteiger partial charge in [0.25, 0.3) is 6.43 Å². The minimum atomic E-state index is -2.61. The van der Waals surface area contributed by atoms with Crippen molar-refractivity contribution in [2.75, 3.05) is 6.61 Å². The van der Waals surface area contributed by atoms with Crippen molar-refractivity contribution in [1.82, 2.24) is 4.98 Å². The van der Waals surface area contributed by atoms with Crippen molar-refractivity contribution >= 4 is 17.1 Å². The molecule has 5 nitrogen and oxygen atoms in total. The Hall–Kier alpha value is -1.89. The molecule has 1 aromatic rings. The van der Waals surface area contributed by atoms with Crippen LogP contribution in [0.25, 0.3) is 0 Å². The van der Waals surface area contributed by atoms with Gasteiger partial charge in [0.05, 0.1) is 29.9 Å². The molecule has 0 saturated carbocycles. The average Bonchev–Trinajstić information content (AvgIpc) is 2.35. The number of aliphatic hydroxyl groups is 1. The number of aliphatic imine (C=N–C) groups is 1. The summed E-state index contributed by atoms with van der Waals surface area (Å²) in [6, 6.07) is 2.56. The molecule has 1 aromatic heterocycles. The van der Waals surface area contributed by atoms with Crippen LogP contribution in [0.2, 0.25) is 0 Å². The van der Waals surface area contributed by atoms with Crippen molar-refractivity contribution in [2.24, 2.45) is 15.9 Å². The summed E-state index contributed by atoms with van der Waals surface area (Å²) >= 11 is 0. The SMILES string of the molecule is CC(=NN)C(CO)=Nc1ccc(C(F)F)nc1. The first kappa shape index (κ1) is 13.2. The standard InChI is InChI=1S/C10H12F2N4O/c1-6(16-13)9(5-17)15-7-2-3-8(10(11)12)14-4-7/h2-4,10,17H,5,13H2,1H3. The third-order valence-corrected chi connectivity index (χ3v) is 2.02. The molecule has 0 bridgehead atoms. The second kappa shape index (κ2) is 6.00. The molecule has 0 aliphatic rings. The predicted octanol–water partition coefficient (Wildman–Crippen LogP) is 1.42. The molecule has 1 rings (SSSR count). The van der Waals surface area contributed by atoms with Gasteiger partial charge in [-0.1, -0.05) is 0 Å². The Morgan fingerprint density at radius 2 is 2.24 bits per heavy atom. The summed E-state index contributed by atoms with van der Waals surface area (Å²) < 4.78 is 24.5. The number of nitrogens with zero attached hydrogens (tertiary/aromatic N) is 3. The van der Waals surface area contributed by atoms with Crippen molar-refractivity contribution in [1.29, 1.82) is 0 Å². The molecule has 17 heavy (non-hydrogen) atoms. The number of aromatic nitrogens is 1. The molecule has 7 heteroatoms. The maximum absolute atomic E-state index is 12.2. The van der Waals surface area contributed by atoms with Crippen molar-refractivity contribution < 1.29 is 13.9 Å². The van der Waals surface area contributed by atoms with Gasteiger partial charge in [-0.05, 0) is 19.1 Å². The van der Waals surface area contributed by atoms with E-state index in [9.17, 15) is 8.78 Å². The van der Waals surface area contributed by atoms with E-state index in [2.05, 4.69) is 15.1 Å². The summed E-state index contributed by atoms with van der Waals surface area (Å²) in [6.45, 7) is 1.24. The summed E-state index contributed by atoms with van der Waals surface area (Å²) in [5.41, 5.74) is 0.657. The van der Waals surface area contributed by atoms with Gasteiger partial charge in [-0.2, -0.15) is 5.10 Å². The molecule has 3 N–H and O–H groups in total. The molecule has 0 atom stereocenters. The molecule has 0 amide bonds. The van der Waals surface area contributed by atoms with Crippen LogP contribution in [-0.2, 0) is 0 Å². The lowest BCUT2D eigenvalue weighted by molar-refractivity contribution is 0.146. The van der Waals surface area contributed by atoms with Gasteiger partial charge in [0.2, 0.25) is 0 Å². The van der Waals surface area contributed by atoms with Gasteiger partial charge in [0.15, 0.2) is 0 Å². The number of halogens is 2. The molecular formula is C10H12F2N4O. The lowest BCUT2D eigenvalue weighted by Gasteiger charge is -2.02. The van der Waals surface area contributed by atoms with Gasteiger partial charge in [0, 0.05) is 0 Å². The molecule has 0 aliphatic heterocycles. The van der Waals surface area contributed by atoms with Crippen LogP contribution in [-0.4, -0.2) is 28.1 Å². The van der Waals surface area contributed by atoms with Crippen LogP contribution in [0.1, 0.15) is 19.0 Å². The van der Waals surface area contributed by atoms with Gasteiger partial charge < -0.3 is 10.9 Å². The molecule has 92 valence electrons. The lowest BCUT2D eigenvalue weighted by Crippen LogP contribution is -2.16. The molecule has 0 aliphatic carbocycles. The van der Waals surface area contributed by atoms with Crippen molar-refractivity contribution in [3.05, 3.63) is 24.0 Å². The van der Waals surface area contributed by atoms with E-state index in [0.717, 1.165) is 0 Å². The smallest absolute Gasteiger partial charge is 0.280 e. The Morgan fingerprint density at radius 1 is 1.53 bits per heavy atom. The van der Waals surface area contributed by atoms with E-state index in [1.807, 2.05) is 0 Å². The highest BCUT2D eigenvalue weighted by Crippen LogP contribution is 2.18. The molecule has 1 heterocycles. The maximum atomic E-state index is 12.2. The van der Waals surface area contributed by atoms with Crippen LogP contribution in [0.3, 0.4) is 0 Å².